The minimum Gasteiger partial charge on any atom is -0.493 e. The van der Waals surface area contributed by atoms with Crippen molar-refractivity contribution in [1.29, 1.82) is 0 Å². The highest BCUT2D eigenvalue weighted by atomic mass is 19.2. The van der Waals surface area contributed by atoms with Gasteiger partial charge >= 0.3 is 0 Å². The average Bonchev–Trinajstić information content (AvgIpc) is 2.75. The highest BCUT2D eigenvalue weighted by Gasteiger charge is 2.21. The molecule has 29 heavy (non-hydrogen) atoms. The fourth-order valence-corrected chi connectivity index (χ4v) is 3.39. The minimum absolute atomic E-state index is 0.411. The van der Waals surface area contributed by atoms with Gasteiger partial charge < -0.3 is 19.7 Å². The first-order valence-corrected chi connectivity index (χ1v) is 9.10. The number of methoxy groups -OCH3 is 2. The summed E-state index contributed by atoms with van der Waals surface area (Å²) in [5.41, 5.74) is 2.77. The van der Waals surface area contributed by atoms with Crippen molar-refractivity contribution in [3.63, 3.8) is 0 Å². The van der Waals surface area contributed by atoms with E-state index >= 15 is 0 Å². The summed E-state index contributed by atoms with van der Waals surface area (Å²) in [5, 5.41) is 2.98. The number of ether oxygens (including phenoxy) is 2. The summed E-state index contributed by atoms with van der Waals surface area (Å²) in [5.74, 6) is 0.847. The lowest BCUT2D eigenvalue weighted by Crippen LogP contribution is -2.31. The summed E-state index contributed by atoms with van der Waals surface area (Å²) in [7, 11) is 3.24. The van der Waals surface area contributed by atoms with Crippen LogP contribution in [0.1, 0.15) is 11.1 Å². The van der Waals surface area contributed by atoms with Crippen molar-refractivity contribution in [2.24, 2.45) is 0 Å². The van der Waals surface area contributed by atoms with E-state index in [2.05, 4.69) is 20.2 Å². The lowest BCUT2D eigenvalue weighted by molar-refractivity contribution is 0.353. The highest BCUT2D eigenvalue weighted by molar-refractivity contribution is 5.60. The van der Waals surface area contributed by atoms with Crippen LogP contribution < -0.4 is 19.7 Å². The van der Waals surface area contributed by atoms with E-state index in [1.165, 1.54) is 18.0 Å². The molecule has 0 spiro atoms. The Morgan fingerprint density at radius 1 is 0.931 bits per heavy atom. The van der Waals surface area contributed by atoms with Crippen LogP contribution in [0.4, 0.5) is 26.1 Å². The van der Waals surface area contributed by atoms with Crippen molar-refractivity contribution >= 4 is 17.3 Å². The van der Waals surface area contributed by atoms with Crippen LogP contribution in [0.3, 0.4) is 0 Å². The average molecular weight is 398 g/mol. The van der Waals surface area contributed by atoms with Crippen molar-refractivity contribution in [2.75, 3.05) is 31.0 Å². The fraction of sp³-hybridized carbons (Fsp3) is 0.238. The molecule has 0 saturated heterocycles. The molecule has 3 aromatic rings. The maximum atomic E-state index is 13.4. The molecule has 4 rings (SSSR count). The second-order valence-electron chi connectivity index (χ2n) is 6.66. The van der Waals surface area contributed by atoms with Crippen molar-refractivity contribution < 1.29 is 18.3 Å². The third kappa shape index (κ3) is 3.91. The molecule has 2 heterocycles. The normalized spacial score (nSPS) is 13.0. The van der Waals surface area contributed by atoms with E-state index in [9.17, 15) is 8.78 Å². The first-order chi connectivity index (χ1) is 14.1. The summed E-state index contributed by atoms with van der Waals surface area (Å²) < 4.78 is 37.3. The van der Waals surface area contributed by atoms with Gasteiger partial charge in [0.15, 0.2) is 23.1 Å². The number of fused-ring (bicyclic) bond motifs is 1. The molecular formula is C21H20F2N4O2. The molecule has 1 aromatic heterocycles. The Morgan fingerprint density at radius 2 is 1.69 bits per heavy atom. The minimum atomic E-state index is -0.915. The molecule has 6 nitrogen and oxygen atoms in total. The summed E-state index contributed by atoms with van der Waals surface area (Å²) in [4.78, 5) is 10.7. The van der Waals surface area contributed by atoms with Crippen molar-refractivity contribution in [2.45, 2.75) is 13.0 Å². The zero-order valence-corrected chi connectivity index (χ0v) is 16.1. The van der Waals surface area contributed by atoms with Gasteiger partial charge in [0.1, 0.15) is 18.0 Å². The fourth-order valence-electron chi connectivity index (χ4n) is 3.39. The molecule has 0 radical (unpaired) electrons. The maximum absolute atomic E-state index is 13.4. The quantitative estimate of drug-likeness (QED) is 0.699. The highest BCUT2D eigenvalue weighted by Crippen LogP contribution is 2.34. The van der Waals surface area contributed by atoms with Gasteiger partial charge in [0, 0.05) is 30.9 Å². The molecular weight excluding hydrogens is 378 g/mol. The van der Waals surface area contributed by atoms with Crippen LogP contribution in [0.5, 0.6) is 11.5 Å². The van der Waals surface area contributed by atoms with Gasteiger partial charge in [0.05, 0.1) is 14.2 Å². The van der Waals surface area contributed by atoms with Gasteiger partial charge in [-0.1, -0.05) is 0 Å². The zero-order valence-electron chi connectivity index (χ0n) is 16.1. The second kappa shape index (κ2) is 7.90. The molecule has 1 aliphatic rings. The van der Waals surface area contributed by atoms with Gasteiger partial charge in [-0.3, -0.25) is 0 Å². The van der Waals surface area contributed by atoms with E-state index in [-0.39, 0.29) is 0 Å². The van der Waals surface area contributed by atoms with E-state index < -0.39 is 11.6 Å². The van der Waals surface area contributed by atoms with E-state index in [0.29, 0.717) is 23.8 Å². The van der Waals surface area contributed by atoms with Gasteiger partial charge in [0.2, 0.25) is 0 Å². The van der Waals surface area contributed by atoms with E-state index in [1.807, 2.05) is 12.1 Å². The lowest BCUT2D eigenvalue weighted by Gasteiger charge is -2.30. The van der Waals surface area contributed by atoms with Crippen LogP contribution in [-0.2, 0) is 13.0 Å². The molecule has 1 N–H and O–H groups in total. The largest absolute Gasteiger partial charge is 0.493 e. The molecule has 0 atom stereocenters. The van der Waals surface area contributed by atoms with Crippen LogP contribution in [0, 0.1) is 11.6 Å². The Balaban J connectivity index is 1.55. The summed E-state index contributed by atoms with van der Waals surface area (Å²) in [6.07, 6.45) is 2.29. The maximum Gasteiger partial charge on any atom is 0.161 e. The molecule has 0 unspecified atom stereocenters. The van der Waals surface area contributed by atoms with E-state index in [1.54, 1.807) is 20.3 Å². The van der Waals surface area contributed by atoms with Crippen LogP contribution in [0.15, 0.2) is 42.7 Å². The van der Waals surface area contributed by atoms with Crippen molar-refractivity contribution in [3.05, 3.63) is 65.5 Å². The number of hydrogen-bond donors (Lipinski definition) is 1. The first kappa shape index (κ1) is 18.9. The number of benzene rings is 2. The molecule has 0 bridgehead atoms. The predicted octanol–water partition coefficient (Wildman–Crippen LogP) is 4.08. The summed E-state index contributed by atoms with van der Waals surface area (Å²) in [6, 6.07) is 9.41. The Morgan fingerprint density at radius 3 is 2.41 bits per heavy atom. The summed E-state index contributed by atoms with van der Waals surface area (Å²) >= 11 is 0. The Bertz CT molecular complexity index is 1050. The number of hydrogen-bond acceptors (Lipinski definition) is 6. The van der Waals surface area contributed by atoms with Crippen LogP contribution in [-0.4, -0.2) is 30.7 Å². The molecule has 8 heteroatoms. The number of nitrogens with zero attached hydrogens (tertiary/aromatic N) is 3. The van der Waals surface area contributed by atoms with Gasteiger partial charge in [-0.25, -0.2) is 18.7 Å². The molecule has 0 aliphatic carbocycles. The third-order valence-electron chi connectivity index (χ3n) is 4.89. The SMILES string of the molecule is COc1cc2c(cc1OC)CN(c1cc(Nc3ccc(F)c(F)c3)ncn1)CC2. The standard InChI is InChI=1S/C21H20F2N4O2/c1-28-18-7-13-5-6-27(11-14(13)8-19(18)29-2)21-10-20(24-12-25-21)26-15-3-4-16(22)17(23)9-15/h3-4,7-10,12H,5-6,11H2,1-2H3,(H,24,25,26). The monoisotopic (exact) mass is 398 g/mol. The zero-order chi connectivity index (χ0) is 20.4. The number of aromatic nitrogens is 2. The molecule has 2 aromatic carbocycles. The molecule has 0 amide bonds. The molecule has 0 fully saturated rings. The van der Waals surface area contributed by atoms with Gasteiger partial charge in [-0.05, 0) is 41.8 Å². The second-order valence-corrected chi connectivity index (χ2v) is 6.66. The lowest BCUT2D eigenvalue weighted by atomic mass is 9.99. The Hall–Kier alpha value is -3.42. The van der Waals surface area contributed by atoms with Crippen molar-refractivity contribution in [1.82, 2.24) is 9.97 Å². The van der Waals surface area contributed by atoms with Crippen LogP contribution >= 0.6 is 0 Å². The van der Waals surface area contributed by atoms with Gasteiger partial charge in [-0.2, -0.15) is 0 Å². The molecule has 1 aliphatic heterocycles. The van der Waals surface area contributed by atoms with E-state index in [0.717, 1.165) is 42.2 Å². The van der Waals surface area contributed by atoms with Crippen molar-refractivity contribution in [3.8, 4) is 11.5 Å². The predicted molar refractivity (Wildman–Crippen MR) is 106 cm³/mol. The summed E-state index contributed by atoms with van der Waals surface area (Å²) in [6.45, 7) is 1.45. The van der Waals surface area contributed by atoms with E-state index in [4.69, 9.17) is 9.47 Å². The number of halogens is 2. The molecule has 150 valence electrons. The Labute approximate surface area is 167 Å². The van der Waals surface area contributed by atoms with Gasteiger partial charge in [0.25, 0.3) is 0 Å². The Kier molecular flexibility index (Phi) is 5.16. The van der Waals surface area contributed by atoms with Crippen LogP contribution in [0.2, 0.25) is 0 Å². The number of nitrogens with one attached hydrogen (secondary N) is 1. The smallest absolute Gasteiger partial charge is 0.161 e. The number of rotatable bonds is 5. The first-order valence-electron chi connectivity index (χ1n) is 9.10. The number of anilines is 3. The molecule has 0 saturated carbocycles. The topological polar surface area (TPSA) is 59.5 Å². The van der Waals surface area contributed by atoms with Crippen LogP contribution in [0.25, 0.3) is 0 Å². The van der Waals surface area contributed by atoms with Gasteiger partial charge in [-0.15, -0.1) is 0 Å². The third-order valence-corrected chi connectivity index (χ3v) is 4.89.